The molecule has 0 unspecified atom stereocenters. The van der Waals surface area contributed by atoms with Crippen LogP contribution in [0.4, 0.5) is 5.69 Å². The first kappa shape index (κ1) is 20.1. The van der Waals surface area contributed by atoms with E-state index >= 15 is 0 Å². The number of carbonyl (C=O) groups excluding carboxylic acids is 1. The van der Waals surface area contributed by atoms with Crippen molar-refractivity contribution >= 4 is 34.3 Å². The maximum Gasteiger partial charge on any atom is 0.258 e. The van der Waals surface area contributed by atoms with Crippen molar-refractivity contribution in [3.63, 3.8) is 0 Å². The van der Waals surface area contributed by atoms with Gasteiger partial charge in [-0.1, -0.05) is 31.2 Å². The number of aromatic nitrogens is 2. The molecular weight excluding hydrogens is 372 g/mol. The molecule has 0 atom stereocenters. The number of amides is 1. The SMILES string of the molecule is CCNCc1cccc(NC(=O)CCSCc2nc3ccccc3c(=O)[nH]2)c1. The van der Waals surface area contributed by atoms with Crippen molar-refractivity contribution in [1.82, 2.24) is 15.3 Å². The summed E-state index contributed by atoms with van der Waals surface area (Å²) in [6, 6.07) is 15.1. The highest BCUT2D eigenvalue weighted by Crippen LogP contribution is 2.14. The second kappa shape index (κ2) is 10.1. The lowest BCUT2D eigenvalue weighted by Gasteiger charge is -2.08. The lowest BCUT2D eigenvalue weighted by atomic mass is 10.2. The van der Waals surface area contributed by atoms with Crippen molar-refractivity contribution in [2.75, 3.05) is 17.6 Å². The number of hydrogen-bond donors (Lipinski definition) is 3. The summed E-state index contributed by atoms with van der Waals surface area (Å²) in [7, 11) is 0. The van der Waals surface area contributed by atoms with Crippen molar-refractivity contribution < 1.29 is 4.79 Å². The van der Waals surface area contributed by atoms with Gasteiger partial charge in [0.15, 0.2) is 0 Å². The minimum atomic E-state index is -0.128. The third-order valence-corrected chi connectivity index (χ3v) is 5.13. The average Bonchev–Trinajstić information content (AvgIpc) is 2.70. The highest BCUT2D eigenvalue weighted by molar-refractivity contribution is 7.98. The Labute approximate surface area is 168 Å². The second-order valence-electron chi connectivity index (χ2n) is 6.36. The zero-order chi connectivity index (χ0) is 19.8. The zero-order valence-electron chi connectivity index (χ0n) is 15.8. The molecule has 0 saturated carbocycles. The normalized spacial score (nSPS) is 10.9. The minimum Gasteiger partial charge on any atom is -0.326 e. The summed E-state index contributed by atoms with van der Waals surface area (Å²) in [5, 5.41) is 6.80. The fourth-order valence-corrected chi connectivity index (χ4v) is 3.59. The van der Waals surface area contributed by atoms with Crippen molar-refractivity contribution in [3.8, 4) is 0 Å². The topological polar surface area (TPSA) is 86.9 Å². The molecule has 0 bridgehead atoms. The highest BCUT2D eigenvalue weighted by atomic mass is 32.2. The van der Waals surface area contributed by atoms with Crippen LogP contribution in [0.25, 0.3) is 10.9 Å². The van der Waals surface area contributed by atoms with Crippen LogP contribution in [0.1, 0.15) is 24.7 Å². The van der Waals surface area contributed by atoms with Gasteiger partial charge < -0.3 is 15.6 Å². The Morgan fingerprint density at radius 3 is 2.89 bits per heavy atom. The van der Waals surface area contributed by atoms with E-state index in [0.717, 1.165) is 24.3 Å². The van der Waals surface area contributed by atoms with Gasteiger partial charge in [-0.15, -0.1) is 0 Å². The van der Waals surface area contributed by atoms with E-state index in [0.29, 0.717) is 34.7 Å². The van der Waals surface area contributed by atoms with E-state index in [9.17, 15) is 9.59 Å². The van der Waals surface area contributed by atoms with E-state index < -0.39 is 0 Å². The molecule has 0 aliphatic rings. The van der Waals surface area contributed by atoms with Crippen LogP contribution < -0.4 is 16.2 Å². The molecule has 3 aromatic rings. The molecule has 0 saturated heterocycles. The quantitative estimate of drug-likeness (QED) is 0.483. The maximum absolute atomic E-state index is 12.2. The summed E-state index contributed by atoms with van der Waals surface area (Å²) in [6.07, 6.45) is 0.403. The fraction of sp³-hybridized carbons (Fsp3) is 0.286. The van der Waals surface area contributed by atoms with Gasteiger partial charge in [0, 0.05) is 24.4 Å². The molecule has 2 aromatic carbocycles. The van der Waals surface area contributed by atoms with E-state index in [2.05, 4.69) is 27.5 Å². The first-order valence-electron chi connectivity index (χ1n) is 9.31. The Balaban J connectivity index is 1.46. The summed E-state index contributed by atoms with van der Waals surface area (Å²) in [4.78, 5) is 31.5. The Morgan fingerprint density at radius 1 is 1.18 bits per heavy atom. The summed E-state index contributed by atoms with van der Waals surface area (Å²) in [6.45, 7) is 3.75. The molecule has 0 radical (unpaired) electrons. The van der Waals surface area contributed by atoms with Gasteiger partial charge in [-0.2, -0.15) is 11.8 Å². The molecule has 1 amide bonds. The summed E-state index contributed by atoms with van der Waals surface area (Å²) < 4.78 is 0. The first-order valence-corrected chi connectivity index (χ1v) is 10.5. The lowest BCUT2D eigenvalue weighted by molar-refractivity contribution is -0.115. The minimum absolute atomic E-state index is 0.0203. The Bertz CT molecular complexity index is 1000. The lowest BCUT2D eigenvalue weighted by Crippen LogP contribution is -2.14. The van der Waals surface area contributed by atoms with Gasteiger partial charge in [0.2, 0.25) is 5.91 Å². The first-order chi connectivity index (χ1) is 13.7. The number of rotatable bonds is 9. The molecule has 1 aromatic heterocycles. The predicted octanol–water partition coefficient (Wildman–Crippen LogP) is 3.29. The molecule has 28 heavy (non-hydrogen) atoms. The molecule has 146 valence electrons. The molecule has 0 fully saturated rings. The van der Waals surface area contributed by atoms with E-state index in [1.54, 1.807) is 17.8 Å². The van der Waals surface area contributed by atoms with Gasteiger partial charge >= 0.3 is 0 Å². The standard InChI is InChI=1S/C21H24N4O2S/c1-2-22-13-15-6-5-7-16(12-15)23-20(26)10-11-28-14-19-24-18-9-4-3-8-17(18)21(27)25-19/h3-9,12,22H,2,10-11,13-14H2,1H3,(H,23,26)(H,24,25,27). The summed E-state index contributed by atoms with van der Waals surface area (Å²) in [5.74, 6) is 1.82. The van der Waals surface area contributed by atoms with Gasteiger partial charge in [0.25, 0.3) is 5.56 Å². The third kappa shape index (κ3) is 5.68. The molecule has 3 N–H and O–H groups in total. The van der Waals surface area contributed by atoms with Crippen LogP contribution in [-0.4, -0.2) is 28.2 Å². The van der Waals surface area contributed by atoms with Gasteiger partial charge in [0.05, 0.1) is 16.7 Å². The van der Waals surface area contributed by atoms with E-state index in [-0.39, 0.29) is 11.5 Å². The highest BCUT2D eigenvalue weighted by Gasteiger charge is 2.06. The van der Waals surface area contributed by atoms with Crippen molar-refractivity contribution in [2.45, 2.75) is 25.6 Å². The fourth-order valence-electron chi connectivity index (χ4n) is 2.79. The van der Waals surface area contributed by atoms with Crippen LogP contribution in [-0.2, 0) is 17.1 Å². The average molecular weight is 397 g/mol. The van der Waals surface area contributed by atoms with Gasteiger partial charge in [-0.25, -0.2) is 4.98 Å². The van der Waals surface area contributed by atoms with Gasteiger partial charge in [-0.05, 0) is 36.4 Å². The molecule has 3 rings (SSSR count). The van der Waals surface area contributed by atoms with E-state index in [4.69, 9.17) is 0 Å². The second-order valence-corrected chi connectivity index (χ2v) is 7.47. The number of nitrogens with one attached hydrogen (secondary N) is 3. The maximum atomic E-state index is 12.2. The number of fused-ring (bicyclic) bond motifs is 1. The molecule has 0 aliphatic carbocycles. The number of anilines is 1. The molecule has 0 aliphatic heterocycles. The van der Waals surface area contributed by atoms with Gasteiger partial charge in [-0.3, -0.25) is 9.59 Å². The van der Waals surface area contributed by atoms with Crippen LogP contribution in [0.15, 0.2) is 53.3 Å². The number of carbonyl (C=O) groups is 1. The third-order valence-electron chi connectivity index (χ3n) is 4.16. The van der Waals surface area contributed by atoms with Crippen LogP contribution in [0.3, 0.4) is 0 Å². The number of hydrogen-bond acceptors (Lipinski definition) is 5. The van der Waals surface area contributed by atoms with Crippen LogP contribution in [0.5, 0.6) is 0 Å². The van der Waals surface area contributed by atoms with E-state index in [1.807, 2.05) is 42.5 Å². The summed E-state index contributed by atoms with van der Waals surface area (Å²) in [5.41, 5.74) is 2.51. The van der Waals surface area contributed by atoms with Crippen molar-refractivity contribution in [1.29, 1.82) is 0 Å². The molecular formula is C21H24N4O2S. The Morgan fingerprint density at radius 2 is 2.04 bits per heavy atom. The smallest absolute Gasteiger partial charge is 0.258 e. The molecule has 1 heterocycles. The van der Waals surface area contributed by atoms with Crippen LogP contribution in [0.2, 0.25) is 0 Å². The predicted molar refractivity (Wildman–Crippen MR) is 116 cm³/mol. The van der Waals surface area contributed by atoms with Crippen LogP contribution >= 0.6 is 11.8 Å². The summed E-state index contributed by atoms with van der Waals surface area (Å²) >= 11 is 1.57. The van der Waals surface area contributed by atoms with Crippen LogP contribution in [0, 0.1) is 0 Å². The van der Waals surface area contributed by atoms with Gasteiger partial charge in [0.1, 0.15) is 5.82 Å². The molecule has 6 nitrogen and oxygen atoms in total. The number of benzene rings is 2. The monoisotopic (exact) mass is 396 g/mol. The number of aromatic amines is 1. The number of thioether (sulfide) groups is 1. The Kier molecular flexibility index (Phi) is 7.22. The molecule has 7 heteroatoms. The molecule has 0 spiro atoms. The number of para-hydroxylation sites is 1. The zero-order valence-corrected chi connectivity index (χ0v) is 16.6. The Hall–Kier alpha value is -2.64. The number of H-pyrrole nitrogens is 1. The van der Waals surface area contributed by atoms with Crippen molar-refractivity contribution in [3.05, 3.63) is 70.3 Å². The number of nitrogens with zero attached hydrogens (tertiary/aromatic N) is 1. The van der Waals surface area contributed by atoms with E-state index in [1.165, 1.54) is 0 Å². The van der Waals surface area contributed by atoms with Crippen molar-refractivity contribution in [2.24, 2.45) is 0 Å². The largest absolute Gasteiger partial charge is 0.326 e.